The highest BCUT2D eigenvalue weighted by atomic mass is 16.5. The highest BCUT2D eigenvalue weighted by Gasteiger charge is 2.26. The Morgan fingerprint density at radius 2 is 1.60 bits per heavy atom. The standard InChI is InChI=1S/C17H23N3O5/c1-12(21)19-6-8-20(9-7-19)17(23)16(22)18-11-13-4-5-14(24-2)15(10-13)25-3/h4-5,10H,6-9,11H2,1-3H3,(H,18,22). The summed E-state index contributed by atoms with van der Waals surface area (Å²) >= 11 is 0. The Kier molecular flexibility index (Phi) is 6.21. The molecule has 25 heavy (non-hydrogen) atoms. The molecule has 1 fully saturated rings. The third-order valence-corrected chi connectivity index (χ3v) is 4.11. The van der Waals surface area contributed by atoms with Crippen molar-refractivity contribution in [2.75, 3.05) is 40.4 Å². The van der Waals surface area contributed by atoms with Crippen molar-refractivity contribution in [3.05, 3.63) is 23.8 Å². The van der Waals surface area contributed by atoms with E-state index in [1.165, 1.54) is 18.9 Å². The molecule has 1 aromatic rings. The molecule has 1 aliphatic rings. The molecule has 1 aliphatic heterocycles. The predicted molar refractivity (Wildman–Crippen MR) is 90.2 cm³/mol. The van der Waals surface area contributed by atoms with Crippen LogP contribution in [0.25, 0.3) is 0 Å². The van der Waals surface area contributed by atoms with Crippen molar-refractivity contribution in [1.29, 1.82) is 0 Å². The van der Waals surface area contributed by atoms with E-state index in [0.29, 0.717) is 37.7 Å². The number of nitrogens with zero attached hydrogens (tertiary/aromatic N) is 2. The second-order valence-corrected chi connectivity index (χ2v) is 5.67. The Balaban J connectivity index is 1.88. The van der Waals surface area contributed by atoms with Crippen LogP contribution in [0, 0.1) is 0 Å². The van der Waals surface area contributed by atoms with Gasteiger partial charge in [-0.05, 0) is 17.7 Å². The average Bonchev–Trinajstić information content (AvgIpc) is 2.65. The average molecular weight is 349 g/mol. The second-order valence-electron chi connectivity index (χ2n) is 5.67. The van der Waals surface area contributed by atoms with E-state index in [9.17, 15) is 14.4 Å². The minimum absolute atomic E-state index is 0.0231. The summed E-state index contributed by atoms with van der Waals surface area (Å²) < 4.78 is 10.4. The van der Waals surface area contributed by atoms with E-state index in [2.05, 4.69) is 5.32 Å². The molecule has 0 aromatic heterocycles. The second kappa shape index (κ2) is 8.36. The lowest BCUT2D eigenvalue weighted by Crippen LogP contribution is -2.53. The first kappa shape index (κ1) is 18.6. The van der Waals surface area contributed by atoms with Crippen molar-refractivity contribution >= 4 is 17.7 Å². The summed E-state index contributed by atoms with van der Waals surface area (Å²) in [4.78, 5) is 38.7. The van der Waals surface area contributed by atoms with Crippen molar-refractivity contribution < 1.29 is 23.9 Å². The molecule has 136 valence electrons. The fourth-order valence-electron chi connectivity index (χ4n) is 2.62. The number of hydrogen-bond acceptors (Lipinski definition) is 5. The first-order valence-electron chi connectivity index (χ1n) is 7.99. The summed E-state index contributed by atoms with van der Waals surface area (Å²) in [5.41, 5.74) is 0.792. The molecule has 3 amide bonds. The summed E-state index contributed by atoms with van der Waals surface area (Å²) in [6.07, 6.45) is 0. The number of carbonyl (C=O) groups is 3. The van der Waals surface area contributed by atoms with Crippen LogP contribution in [0.15, 0.2) is 18.2 Å². The highest BCUT2D eigenvalue weighted by Crippen LogP contribution is 2.27. The monoisotopic (exact) mass is 349 g/mol. The van der Waals surface area contributed by atoms with Crippen molar-refractivity contribution in [1.82, 2.24) is 15.1 Å². The van der Waals surface area contributed by atoms with Gasteiger partial charge in [0.25, 0.3) is 0 Å². The van der Waals surface area contributed by atoms with Crippen LogP contribution in [0.4, 0.5) is 0 Å². The van der Waals surface area contributed by atoms with Crippen molar-refractivity contribution in [2.45, 2.75) is 13.5 Å². The SMILES string of the molecule is COc1ccc(CNC(=O)C(=O)N2CCN(C(C)=O)CC2)cc1OC. The third kappa shape index (κ3) is 4.62. The number of benzene rings is 1. The Bertz CT molecular complexity index is 654. The first-order chi connectivity index (χ1) is 12.0. The Labute approximate surface area is 146 Å². The fourth-order valence-corrected chi connectivity index (χ4v) is 2.62. The van der Waals surface area contributed by atoms with E-state index in [4.69, 9.17) is 9.47 Å². The van der Waals surface area contributed by atoms with Gasteiger partial charge in [-0.15, -0.1) is 0 Å². The molecule has 0 unspecified atom stereocenters. The minimum atomic E-state index is -0.661. The number of nitrogens with one attached hydrogen (secondary N) is 1. The van der Waals surface area contributed by atoms with Crippen LogP contribution in [0.3, 0.4) is 0 Å². The molecular formula is C17H23N3O5. The maximum absolute atomic E-state index is 12.2. The molecule has 0 spiro atoms. The van der Waals surface area contributed by atoms with Crippen LogP contribution in [0.2, 0.25) is 0 Å². The van der Waals surface area contributed by atoms with E-state index >= 15 is 0 Å². The fraction of sp³-hybridized carbons (Fsp3) is 0.471. The molecule has 1 N–H and O–H groups in total. The van der Waals surface area contributed by atoms with Gasteiger partial charge in [0.2, 0.25) is 5.91 Å². The molecule has 8 heteroatoms. The number of piperazine rings is 1. The molecule has 0 atom stereocenters. The number of methoxy groups -OCH3 is 2. The lowest BCUT2D eigenvalue weighted by Gasteiger charge is -2.33. The van der Waals surface area contributed by atoms with Gasteiger partial charge in [-0.1, -0.05) is 6.07 Å². The molecular weight excluding hydrogens is 326 g/mol. The van der Waals surface area contributed by atoms with Crippen LogP contribution in [0.5, 0.6) is 11.5 Å². The third-order valence-electron chi connectivity index (χ3n) is 4.11. The van der Waals surface area contributed by atoms with Crippen molar-refractivity contribution in [3.8, 4) is 11.5 Å². The Hall–Kier alpha value is -2.77. The topological polar surface area (TPSA) is 88.2 Å². The van der Waals surface area contributed by atoms with Crippen LogP contribution in [-0.4, -0.2) is 67.9 Å². The minimum Gasteiger partial charge on any atom is -0.493 e. The lowest BCUT2D eigenvalue weighted by atomic mass is 10.2. The number of hydrogen-bond donors (Lipinski definition) is 1. The molecule has 8 nitrogen and oxygen atoms in total. The molecule has 1 heterocycles. The highest BCUT2D eigenvalue weighted by molar-refractivity contribution is 6.35. The molecule has 0 saturated carbocycles. The number of amides is 3. The van der Waals surface area contributed by atoms with Crippen LogP contribution in [0.1, 0.15) is 12.5 Å². The summed E-state index contributed by atoms with van der Waals surface area (Å²) in [7, 11) is 3.08. The van der Waals surface area contributed by atoms with Gasteiger partial charge in [0.15, 0.2) is 11.5 Å². The molecule has 1 aromatic carbocycles. The molecule has 0 radical (unpaired) electrons. The zero-order chi connectivity index (χ0) is 18.4. The number of carbonyl (C=O) groups excluding carboxylic acids is 3. The van der Waals surface area contributed by atoms with E-state index in [1.54, 1.807) is 30.2 Å². The first-order valence-corrected chi connectivity index (χ1v) is 7.99. The molecule has 1 saturated heterocycles. The van der Waals surface area contributed by atoms with E-state index in [0.717, 1.165) is 5.56 Å². The maximum Gasteiger partial charge on any atom is 0.312 e. The summed E-state index contributed by atoms with van der Waals surface area (Å²) in [5.74, 6) is -0.113. The quantitative estimate of drug-likeness (QED) is 0.774. The smallest absolute Gasteiger partial charge is 0.312 e. The van der Waals surface area contributed by atoms with Gasteiger partial charge >= 0.3 is 11.8 Å². The molecule has 2 rings (SSSR count). The largest absolute Gasteiger partial charge is 0.493 e. The van der Waals surface area contributed by atoms with Crippen LogP contribution < -0.4 is 14.8 Å². The summed E-state index contributed by atoms with van der Waals surface area (Å²) in [6.45, 7) is 3.32. The maximum atomic E-state index is 12.2. The van der Waals surface area contributed by atoms with E-state index < -0.39 is 11.8 Å². The predicted octanol–water partition coefficient (Wildman–Crippen LogP) is 0.0107. The van der Waals surface area contributed by atoms with E-state index in [1.807, 2.05) is 0 Å². The number of ether oxygens (including phenoxy) is 2. The van der Waals surface area contributed by atoms with E-state index in [-0.39, 0.29) is 12.5 Å². The van der Waals surface area contributed by atoms with Crippen molar-refractivity contribution in [3.63, 3.8) is 0 Å². The van der Waals surface area contributed by atoms with Gasteiger partial charge in [-0.2, -0.15) is 0 Å². The Morgan fingerprint density at radius 1 is 1.00 bits per heavy atom. The zero-order valence-electron chi connectivity index (χ0n) is 14.7. The van der Waals surface area contributed by atoms with Gasteiger partial charge < -0.3 is 24.6 Å². The summed E-state index contributed by atoms with van der Waals surface area (Å²) in [5, 5.41) is 2.61. The van der Waals surface area contributed by atoms with Gasteiger partial charge in [-0.3, -0.25) is 14.4 Å². The normalized spacial score (nSPS) is 14.0. The van der Waals surface area contributed by atoms with Gasteiger partial charge in [-0.25, -0.2) is 0 Å². The van der Waals surface area contributed by atoms with Crippen molar-refractivity contribution in [2.24, 2.45) is 0 Å². The lowest BCUT2D eigenvalue weighted by molar-refractivity contribution is -0.148. The number of rotatable bonds is 4. The molecule has 0 aliphatic carbocycles. The molecule has 0 bridgehead atoms. The van der Waals surface area contributed by atoms with Crippen LogP contribution in [-0.2, 0) is 20.9 Å². The summed E-state index contributed by atoms with van der Waals surface area (Å²) in [6, 6.07) is 5.27. The Morgan fingerprint density at radius 3 is 2.16 bits per heavy atom. The van der Waals surface area contributed by atoms with Gasteiger partial charge in [0.05, 0.1) is 14.2 Å². The van der Waals surface area contributed by atoms with Gasteiger partial charge in [0.1, 0.15) is 0 Å². The van der Waals surface area contributed by atoms with Gasteiger partial charge in [0, 0.05) is 39.6 Å². The van der Waals surface area contributed by atoms with Crippen LogP contribution >= 0.6 is 0 Å². The zero-order valence-corrected chi connectivity index (χ0v) is 14.7.